The molecule has 0 saturated carbocycles. The molecule has 1 aliphatic heterocycles. The Morgan fingerprint density at radius 3 is 2.87 bits per heavy atom. The van der Waals surface area contributed by atoms with E-state index in [1.807, 2.05) is 0 Å². The first-order valence-electron chi connectivity index (χ1n) is 8.25. The van der Waals surface area contributed by atoms with Gasteiger partial charge in [-0.1, -0.05) is 11.6 Å². The van der Waals surface area contributed by atoms with Gasteiger partial charge < -0.3 is 20.1 Å². The van der Waals surface area contributed by atoms with Crippen LogP contribution in [-0.2, 0) is 17.8 Å². The summed E-state index contributed by atoms with van der Waals surface area (Å²) in [5.41, 5.74) is 6.04. The van der Waals surface area contributed by atoms with Gasteiger partial charge in [-0.2, -0.15) is 0 Å². The third kappa shape index (κ3) is 2.99. The number of aryl methyl sites for hydroxylation is 2. The largest absolute Gasteiger partial charge is 0.479 e. The molecule has 5 heteroatoms. The van der Waals surface area contributed by atoms with Crippen molar-refractivity contribution in [3.8, 4) is 0 Å². The lowest BCUT2D eigenvalue weighted by molar-refractivity contribution is -0.145. The Bertz CT molecular complexity index is 731. The van der Waals surface area contributed by atoms with E-state index in [1.54, 1.807) is 11.3 Å². The van der Waals surface area contributed by atoms with Gasteiger partial charge in [-0.05, 0) is 50.8 Å². The molecule has 0 spiro atoms. The molecule has 0 saturated heterocycles. The fourth-order valence-electron chi connectivity index (χ4n) is 3.63. The normalized spacial score (nSPS) is 20.4. The molecule has 2 unspecified atom stereocenters. The van der Waals surface area contributed by atoms with Crippen LogP contribution < -0.4 is 5.32 Å². The van der Waals surface area contributed by atoms with Crippen LogP contribution in [0.5, 0.6) is 0 Å². The molecule has 0 fully saturated rings. The highest BCUT2D eigenvalue weighted by molar-refractivity contribution is 5.87. The molecule has 2 heterocycles. The number of nitrogens with one attached hydrogen (secondary N) is 1. The number of fused-ring (bicyclic) bond motifs is 3. The summed E-state index contributed by atoms with van der Waals surface area (Å²) in [6.45, 7) is 5.64. The zero-order chi connectivity index (χ0) is 16.6. The Morgan fingerprint density at radius 2 is 2.17 bits per heavy atom. The van der Waals surface area contributed by atoms with Gasteiger partial charge in [-0.25, -0.2) is 4.79 Å². The van der Waals surface area contributed by atoms with Crippen LogP contribution in [0.3, 0.4) is 0 Å². The van der Waals surface area contributed by atoms with E-state index in [1.165, 1.54) is 42.7 Å². The van der Waals surface area contributed by atoms with Gasteiger partial charge in [0.15, 0.2) is 0 Å². The van der Waals surface area contributed by atoms with Gasteiger partial charge in [0.1, 0.15) is 6.10 Å². The highest BCUT2D eigenvalue weighted by Crippen LogP contribution is 2.39. The van der Waals surface area contributed by atoms with Crippen LogP contribution in [0.2, 0.25) is 0 Å². The standard InChI is InChI=1S/C15H18N2.C3H6O3/c1-10-5-6-14-12(9-10)11-3-2-4-13-15(11)17(14)8-7-16-13;1-2(4)3(5)6/h5-6,9,13,16H,2-4,7-8H2,1H3;2,4H,1H3,(H,5,6). The molecule has 1 aromatic carbocycles. The summed E-state index contributed by atoms with van der Waals surface area (Å²) in [7, 11) is 0. The van der Waals surface area contributed by atoms with Crippen molar-refractivity contribution in [2.75, 3.05) is 6.54 Å². The number of nitrogens with zero attached hydrogens (tertiary/aromatic N) is 1. The maximum atomic E-state index is 9.45. The average Bonchev–Trinajstić information content (AvgIpc) is 2.84. The molecule has 0 amide bonds. The van der Waals surface area contributed by atoms with Gasteiger partial charge in [0.05, 0.1) is 0 Å². The summed E-state index contributed by atoms with van der Waals surface area (Å²) in [5.74, 6) is -1.19. The smallest absolute Gasteiger partial charge is 0.332 e. The third-order valence-electron chi connectivity index (χ3n) is 4.70. The zero-order valence-corrected chi connectivity index (χ0v) is 13.7. The third-order valence-corrected chi connectivity index (χ3v) is 4.70. The molecule has 2 aromatic rings. The molecule has 0 bridgehead atoms. The van der Waals surface area contributed by atoms with Crippen molar-refractivity contribution < 1.29 is 15.0 Å². The van der Waals surface area contributed by atoms with Crippen LogP contribution in [0, 0.1) is 6.92 Å². The molecular weight excluding hydrogens is 292 g/mol. The molecule has 0 radical (unpaired) electrons. The number of aliphatic hydroxyl groups is 1. The maximum absolute atomic E-state index is 9.45. The van der Waals surface area contributed by atoms with E-state index in [4.69, 9.17) is 10.2 Å². The van der Waals surface area contributed by atoms with Gasteiger partial charge in [0, 0.05) is 35.7 Å². The summed E-state index contributed by atoms with van der Waals surface area (Å²) >= 11 is 0. The van der Waals surface area contributed by atoms with E-state index >= 15 is 0 Å². The van der Waals surface area contributed by atoms with Gasteiger partial charge >= 0.3 is 5.97 Å². The molecule has 1 aromatic heterocycles. The van der Waals surface area contributed by atoms with Crippen LogP contribution in [0.25, 0.3) is 10.9 Å². The van der Waals surface area contributed by atoms with Gasteiger partial charge in [0.2, 0.25) is 0 Å². The van der Waals surface area contributed by atoms with Crippen molar-refractivity contribution in [3.05, 3.63) is 35.0 Å². The number of carboxylic acid groups (broad SMARTS) is 1. The Morgan fingerprint density at radius 1 is 1.43 bits per heavy atom. The summed E-state index contributed by atoms with van der Waals surface area (Å²) in [6.07, 6.45) is 2.67. The molecule has 3 N–H and O–H groups in total. The van der Waals surface area contributed by atoms with Gasteiger partial charge in [0.25, 0.3) is 0 Å². The Kier molecular flexibility index (Phi) is 4.41. The second kappa shape index (κ2) is 6.34. The first-order valence-corrected chi connectivity index (χ1v) is 8.25. The number of rotatable bonds is 1. The average molecular weight is 316 g/mol. The molecule has 124 valence electrons. The number of aliphatic hydroxyl groups excluding tert-OH is 1. The number of hydrogen-bond donors (Lipinski definition) is 3. The lowest BCUT2D eigenvalue weighted by Crippen LogP contribution is -2.35. The van der Waals surface area contributed by atoms with Crippen LogP contribution in [0.1, 0.15) is 42.6 Å². The minimum atomic E-state index is -1.23. The molecule has 23 heavy (non-hydrogen) atoms. The summed E-state index contributed by atoms with van der Waals surface area (Å²) < 4.78 is 2.56. The molecule has 2 aliphatic rings. The lowest BCUT2D eigenvalue weighted by atomic mass is 9.90. The SMILES string of the molecule is CC(O)C(=O)O.Cc1ccc2c(c1)c1c3n2CCNC3CCC1. The number of aromatic nitrogens is 1. The molecule has 2 atom stereocenters. The molecule has 5 nitrogen and oxygen atoms in total. The van der Waals surface area contributed by atoms with Crippen LogP contribution in [-0.4, -0.2) is 33.4 Å². The highest BCUT2D eigenvalue weighted by atomic mass is 16.4. The molecule has 1 aliphatic carbocycles. The Labute approximate surface area is 135 Å². The summed E-state index contributed by atoms with van der Waals surface area (Å²) in [6, 6.07) is 7.54. The van der Waals surface area contributed by atoms with Gasteiger partial charge in [-0.3, -0.25) is 0 Å². The fourth-order valence-corrected chi connectivity index (χ4v) is 3.63. The van der Waals surface area contributed by atoms with Crippen LogP contribution in [0.4, 0.5) is 0 Å². The molecule has 4 rings (SSSR count). The van der Waals surface area contributed by atoms with Crippen molar-refractivity contribution >= 4 is 16.9 Å². The Hall–Kier alpha value is -1.85. The number of benzene rings is 1. The van der Waals surface area contributed by atoms with Crippen molar-refractivity contribution in [2.45, 2.75) is 51.8 Å². The van der Waals surface area contributed by atoms with Gasteiger partial charge in [-0.15, -0.1) is 0 Å². The van der Waals surface area contributed by atoms with Crippen LogP contribution >= 0.6 is 0 Å². The van der Waals surface area contributed by atoms with E-state index < -0.39 is 12.1 Å². The van der Waals surface area contributed by atoms with Crippen molar-refractivity contribution in [2.24, 2.45) is 0 Å². The molecular formula is C18H24N2O3. The first kappa shape index (κ1) is 16.0. The first-order chi connectivity index (χ1) is 11.0. The van der Waals surface area contributed by atoms with E-state index in [0.29, 0.717) is 6.04 Å². The number of carboxylic acids is 1. The van der Waals surface area contributed by atoms with Crippen LogP contribution in [0.15, 0.2) is 18.2 Å². The number of aliphatic carboxylic acids is 1. The Balaban J connectivity index is 0.000000227. The quantitative estimate of drug-likeness (QED) is 0.755. The van der Waals surface area contributed by atoms with Crippen molar-refractivity contribution in [3.63, 3.8) is 0 Å². The predicted octanol–water partition coefficient (Wildman–Crippen LogP) is 2.38. The summed E-state index contributed by atoms with van der Waals surface area (Å²) in [4.78, 5) is 9.45. The highest BCUT2D eigenvalue weighted by Gasteiger charge is 2.29. The zero-order valence-electron chi connectivity index (χ0n) is 13.7. The number of carbonyl (C=O) groups is 1. The second-order valence-corrected chi connectivity index (χ2v) is 6.45. The van der Waals surface area contributed by atoms with E-state index in [-0.39, 0.29) is 0 Å². The van der Waals surface area contributed by atoms with Crippen molar-refractivity contribution in [1.82, 2.24) is 9.88 Å². The van der Waals surface area contributed by atoms with E-state index in [2.05, 4.69) is 35.0 Å². The minimum Gasteiger partial charge on any atom is -0.479 e. The second-order valence-electron chi connectivity index (χ2n) is 6.45. The number of hydrogen-bond acceptors (Lipinski definition) is 3. The van der Waals surface area contributed by atoms with Crippen molar-refractivity contribution in [1.29, 1.82) is 0 Å². The minimum absolute atomic E-state index is 0.611. The predicted molar refractivity (Wildman–Crippen MR) is 89.7 cm³/mol. The lowest BCUT2D eigenvalue weighted by Gasteiger charge is -2.31. The van der Waals surface area contributed by atoms with E-state index in [9.17, 15) is 4.79 Å². The fraction of sp³-hybridized carbons (Fsp3) is 0.500. The maximum Gasteiger partial charge on any atom is 0.332 e. The van der Waals surface area contributed by atoms with E-state index in [0.717, 1.165) is 13.1 Å². The summed E-state index contributed by atoms with van der Waals surface area (Å²) in [5, 5.41) is 21.0. The monoisotopic (exact) mass is 316 g/mol. The topological polar surface area (TPSA) is 74.5 Å².